The minimum atomic E-state index is -2.71. The molecule has 3 aromatic rings. The number of benzene rings is 1. The topological polar surface area (TPSA) is 96.4 Å². The van der Waals surface area contributed by atoms with E-state index in [4.69, 9.17) is 4.74 Å². The Morgan fingerprint density at radius 1 is 1.25 bits per heavy atom. The van der Waals surface area contributed by atoms with Crippen LogP contribution in [0.1, 0.15) is 25.0 Å². The highest BCUT2D eigenvalue weighted by Crippen LogP contribution is 2.28. The van der Waals surface area contributed by atoms with Gasteiger partial charge in [-0.3, -0.25) is 14.4 Å². The number of anilines is 1. The Kier molecular flexibility index (Phi) is 8.93. The quantitative estimate of drug-likeness (QED) is 0.306. The van der Waals surface area contributed by atoms with Gasteiger partial charge in [0.25, 0.3) is 12.0 Å². The number of unbranched alkanes of at least 4 members (excludes halogenated alkanes) is 1. The number of fused-ring (bicyclic) bond motifs is 1. The fraction of sp³-hybridized carbons (Fsp3) is 0.320. The van der Waals surface area contributed by atoms with Crippen molar-refractivity contribution in [2.75, 3.05) is 26.0 Å². The van der Waals surface area contributed by atoms with Crippen LogP contribution in [-0.2, 0) is 16.1 Å². The monoisotopic (exact) mass is 504 g/mol. The van der Waals surface area contributed by atoms with Gasteiger partial charge in [-0.05, 0) is 43.2 Å². The number of pyridine rings is 1. The summed E-state index contributed by atoms with van der Waals surface area (Å²) in [7, 11) is 3.29. The fourth-order valence-electron chi connectivity index (χ4n) is 3.45. The van der Waals surface area contributed by atoms with E-state index in [2.05, 4.69) is 10.3 Å². The van der Waals surface area contributed by atoms with Gasteiger partial charge in [0, 0.05) is 43.9 Å². The van der Waals surface area contributed by atoms with Crippen LogP contribution in [0.15, 0.2) is 53.5 Å². The lowest BCUT2D eigenvalue weighted by atomic mass is 10.2. The van der Waals surface area contributed by atoms with Gasteiger partial charge in [0.2, 0.25) is 11.8 Å². The number of carbonyl (C=O) groups excluding carboxylic acids is 2. The number of rotatable bonds is 11. The van der Waals surface area contributed by atoms with Crippen LogP contribution in [0.25, 0.3) is 10.9 Å². The van der Waals surface area contributed by atoms with E-state index in [-0.39, 0.29) is 36.2 Å². The standard InChI is InChI=1S/C25H27F3N4O4/c1-31(2)23(34)9-5-3-4-8-22(33)30-19-7-6-10-32(25(19)35)14-18-12-16-11-17(26)13-20(24(16)29-18)36-15-21(27)28/h5-7,9-13,21,29H,3-4,8,14-15H2,1-2H3,(H,30,33)/b9-5+. The number of aromatic nitrogens is 2. The lowest BCUT2D eigenvalue weighted by Gasteiger charge is -2.09. The summed E-state index contributed by atoms with van der Waals surface area (Å²) in [4.78, 5) is 41.0. The van der Waals surface area contributed by atoms with Crippen molar-refractivity contribution in [1.82, 2.24) is 14.5 Å². The number of nitrogens with zero attached hydrogens (tertiary/aromatic N) is 2. The Balaban J connectivity index is 1.66. The number of likely N-dealkylation sites (N-methyl/N-ethyl adjacent to an activating group) is 1. The van der Waals surface area contributed by atoms with Gasteiger partial charge in [0.1, 0.15) is 23.9 Å². The van der Waals surface area contributed by atoms with Crippen LogP contribution in [-0.4, -0.2) is 53.4 Å². The lowest BCUT2D eigenvalue weighted by molar-refractivity contribution is -0.123. The summed E-state index contributed by atoms with van der Waals surface area (Å²) in [5.74, 6) is -1.16. The second-order valence-electron chi connectivity index (χ2n) is 8.30. The first kappa shape index (κ1) is 26.6. The highest BCUT2D eigenvalue weighted by molar-refractivity contribution is 5.90. The number of nitrogens with one attached hydrogen (secondary N) is 2. The third kappa shape index (κ3) is 7.24. The maximum absolute atomic E-state index is 13.9. The number of ether oxygens (including phenoxy) is 1. The predicted molar refractivity (Wildman–Crippen MR) is 130 cm³/mol. The molecule has 2 heterocycles. The summed E-state index contributed by atoms with van der Waals surface area (Å²) >= 11 is 0. The highest BCUT2D eigenvalue weighted by atomic mass is 19.3. The van der Waals surface area contributed by atoms with E-state index in [0.29, 0.717) is 29.4 Å². The number of amides is 2. The molecule has 0 spiro atoms. The van der Waals surface area contributed by atoms with Gasteiger partial charge in [-0.1, -0.05) is 6.08 Å². The Hall–Kier alpha value is -4.02. The Labute approximate surface area is 205 Å². The van der Waals surface area contributed by atoms with Crippen molar-refractivity contribution in [2.24, 2.45) is 0 Å². The molecule has 2 amide bonds. The summed E-state index contributed by atoms with van der Waals surface area (Å²) in [5, 5.41) is 3.01. The summed E-state index contributed by atoms with van der Waals surface area (Å²) in [6.45, 7) is -0.809. The van der Waals surface area contributed by atoms with Crippen molar-refractivity contribution in [3.63, 3.8) is 0 Å². The van der Waals surface area contributed by atoms with Gasteiger partial charge < -0.3 is 24.5 Å². The molecule has 0 atom stereocenters. The van der Waals surface area contributed by atoms with E-state index in [1.807, 2.05) is 0 Å². The molecule has 2 aromatic heterocycles. The molecule has 0 saturated heterocycles. The molecule has 11 heteroatoms. The number of hydrogen-bond donors (Lipinski definition) is 2. The molecule has 0 aliphatic heterocycles. The van der Waals surface area contributed by atoms with Crippen molar-refractivity contribution in [1.29, 1.82) is 0 Å². The number of halogens is 3. The van der Waals surface area contributed by atoms with Crippen molar-refractivity contribution in [2.45, 2.75) is 32.2 Å². The molecule has 0 saturated carbocycles. The number of hydrogen-bond acceptors (Lipinski definition) is 4. The Bertz CT molecular complexity index is 1310. The summed E-state index contributed by atoms with van der Waals surface area (Å²) in [6, 6.07) is 6.94. The largest absolute Gasteiger partial charge is 0.485 e. The zero-order valence-corrected chi connectivity index (χ0v) is 19.9. The minimum absolute atomic E-state index is 0.0502. The Morgan fingerprint density at radius 2 is 2.03 bits per heavy atom. The zero-order valence-electron chi connectivity index (χ0n) is 19.9. The maximum Gasteiger partial charge on any atom is 0.274 e. The maximum atomic E-state index is 13.9. The fourth-order valence-corrected chi connectivity index (χ4v) is 3.45. The van der Waals surface area contributed by atoms with Crippen LogP contribution in [0, 0.1) is 5.82 Å². The van der Waals surface area contributed by atoms with Gasteiger partial charge in [0.15, 0.2) is 0 Å². The molecule has 2 N–H and O–H groups in total. The van der Waals surface area contributed by atoms with Gasteiger partial charge in [-0.25, -0.2) is 13.2 Å². The van der Waals surface area contributed by atoms with E-state index in [1.165, 1.54) is 33.9 Å². The normalized spacial score (nSPS) is 11.4. The molecular formula is C25H27F3N4O4. The number of carbonyl (C=O) groups is 2. The van der Waals surface area contributed by atoms with Crippen LogP contribution in [0.2, 0.25) is 0 Å². The van der Waals surface area contributed by atoms with Crippen LogP contribution in [0.5, 0.6) is 5.75 Å². The molecule has 8 nitrogen and oxygen atoms in total. The average molecular weight is 505 g/mol. The van der Waals surface area contributed by atoms with Crippen LogP contribution < -0.4 is 15.6 Å². The van der Waals surface area contributed by atoms with Crippen LogP contribution >= 0.6 is 0 Å². The van der Waals surface area contributed by atoms with E-state index in [0.717, 1.165) is 6.07 Å². The van der Waals surface area contributed by atoms with Crippen LogP contribution in [0.3, 0.4) is 0 Å². The van der Waals surface area contributed by atoms with Crippen LogP contribution in [0.4, 0.5) is 18.9 Å². The van der Waals surface area contributed by atoms with E-state index in [9.17, 15) is 27.6 Å². The molecule has 1 aromatic carbocycles. The number of alkyl halides is 2. The number of H-pyrrole nitrogens is 1. The predicted octanol–water partition coefficient (Wildman–Crippen LogP) is 3.91. The van der Waals surface area contributed by atoms with Gasteiger partial charge >= 0.3 is 0 Å². The van der Waals surface area contributed by atoms with Crippen molar-refractivity contribution in [3.8, 4) is 5.75 Å². The highest BCUT2D eigenvalue weighted by Gasteiger charge is 2.13. The molecule has 0 fully saturated rings. The zero-order chi connectivity index (χ0) is 26.2. The first-order chi connectivity index (χ1) is 17.1. The molecule has 0 aliphatic rings. The van der Waals surface area contributed by atoms with E-state index in [1.54, 1.807) is 32.3 Å². The first-order valence-electron chi connectivity index (χ1n) is 11.2. The minimum Gasteiger partial charge on any atom is -0.485 e. The first-order valence-corrected chi connectivity index (χ1v) is 11.2. The molecule has 0 radical (unpaired) electrons. The SMILES string of the molecule is CN(C)C(=O)/C=C/CCCC(=O)Nc1cccn(Cc2cc3cc(F)cc(OCC(F)F)c3[nH]2)c1=O. The molecule has 0 unspecified atom stereocenters. The molecule has 0 aliphatic carbocycles. The smallest absolute Gasteiger partial charge is 0.274 e. The lowest BCUT2D eigenvalue weighted by Crippen LogP contribution is -2.25. The van der Waals surface area contributed by atoms with Crippen molar-refractivity contribution in [3.05, 3.63) is 70.5 Å². The number of aromatic amines is 1. The second-order valence-corrected chi connectivity index (χ2v) is 8.30. The average Bonchev–Trinajstić information content (AvgIpc) is 3.21. The van der Waals surface area contributed by atoms with E-state index < -0.39 is 24.4 Å². The summed E-state index contributed by atoms with van der Waals surface area (Å²) in [5.41, 5.74) is 0.512. The Morgan fingerprint density at radius 3 is 2.75 bits per heavy atom. The number of allylic oxidation sites excluding steroid dienone is 1. The van der Waals surface area contributed by atoms with Crippen molar-refractivity contribution < 1.29 is 27.5 Å². The second kappa shape index (κ2) is 12.1. The molecule has 192 valence electrons. The van der Waals surface area contributed by atoms with Gasteiger partial charge in [-0.15, -0.1) is 0 Å². The molecular weight excluding hydrogens is 477 g/mol. The van der Waals surface area contributed by atoms with E-state index >= 15 is 0 Å². The van der Waals surface area contributed by atoms with Gasteiger partial charge in [-0.2, -0.15) is 0 Å². The summed E-state index contributed by atoms with van der Waals surface area (Å²) in [6.07, 6.45) is 3.18. The third-order valence-corrected chi connectivity index (χ3v) is 5.19. The molecule has 36 heavy (non-hydrogen) atoms. The van der Waals surface area contributed by atoms with Gasteiger partial charge in [0.05, 0.1) is 12.1 Å². The third-order valence-electron chi connectivity index (χ3n) is 5.19. The van der Waals surface area contributed by atoms with Crippen molar-refractivity contribution >= 4 is 28.4 Å². The summed E-state index contributed by atoms with van der Waals surface area (Å²) < 4.78 is 45.3. The molecule has 0 bridgehead atoms. The molecule has 3 rings (SSSR count).